The van der Waals surface area contributed by atoms with E-state index in [4.69, 9.17) is 19.9 Å². The lowest BCUT2D eigenvalue weighted by molar-refractivity contribution is 0.232. The van der Waals surface area contributed by atoms with Crippen LogP contribution in [0.5, 0.6) is 0 Å². The minimum absolute atomic E-state index is 0.298. The average molecular weight is 640 g/mol. The van der Waals surface area contributed by atoms with Gasteiger partial charge in [0.25, 0.3) is 0 Å². The van der Waals surface area contributed by atoms with E-state index in [2.05, 4.69) is 85.8 Å². The molecule has 0 amide bonds. The molecule has 48 heavy (non-hydrogen) atoms. The number of pyridine rings is 1. The van der Waals surface area contributed by atoms with Crippen LogP contribution in [0.15, 0.2) is 109 Å². The lowest BCUT2D eigenvalue weighted by Crippen LogP contribution is -2.30. The highest BCUT2D eigenvalue weighted by Gasteiger charge is 2.41. The normalized spacial score (nSPS) is 20.2. The molecule has 0 N–H and O–H groups in total. The molecule has 0 spiro atoms. The highest BCUT2D eigenvalue weighted by molar-refractivity contribution is 7.25. The molecule has 0 radical (unpaired) electrons. The Bertz CT molecular complexity index is 2340. The predicted octanol–water partition coefficient (Wildman–Crippen LogP) is 10.6. The van der Waals surface area contributed by atoms with E-state index in [1.165, 1.54) is 53.5 Å². The second-order valence-corrected chi connectivity index (χ2v) is 14.9. The summed E-state index contributed by atoms with van der Waals surface area (Å²) in [6.45, 7) is 2.48. The first-order valence-corrected chi connectivity index (χ1v) is 17.6. The van der Waals surface area contributed by atoms with E-state index in [0.717, 1.165) is 44.1 Å². The van der Waals surface area contributed by atoms with E-state index in [9.17, 15) is 5.26 Å². The van der Waals surface area contributed by atoms with Crippen LogP contribution in [-0.4, -0.2) is 19.9 Å². The van der Waals surface area contributed by atoms with Gasteiger partial charge in [-0.15, -0.1) is 11.3 Å². The van der Waals surface area contributed by atoms with Crippen LogP contribution in [0.25, 0.3) is 65.6 Å². The Morgan fingerprint density at radius 1 is 0.667 bits per heavy atom. The molecule has 232 valence electrons. The number of nitriles is 1. The van der Waals surface area contributed by atoms with Crippen LogP contribution in [0.1, 0.15) is 50.2 Å². The number of rotatable bonds is 5. The number of benzene rings is 4. The van der Waals surface area contributed by atoms with Crippen molar-refractivity contribution >= 4 is 31.6 Å². The zero-order valence-corrected chi connectivity index (χ0v) is 27.5. The Hall–Kier alpha value is -5.25. The Kier molecular flexibility index (Phi) is 6.91. The maximum atomic E-state index is 9.34. The summed E-state index contributed by atoms with van der Waals surface area (Å²) in [5, 5.41) is 10.5. The van der Waals surface area contributed by atoms with E-state index in [1.807, 2.05) is 24.4 Å². The van der Waals surface area contributed by atoms with Gasteiger partial charge < -0.3 is 0 Å². The first-order valence-electron chi connectivity index (χ1n) is 16.8. The second-order valence-electron chi connectivity index (χ2n) is 13.8. The molecule has 3 atom stereocenters. The SMILES string of the molecule is CC1(c2ccc(-c3ccc(-c4nc(-c5ccc(C#N)cc5)nc(-c5cnc6c(c5)sc5ccccc56)n4)cc3)cc2)C[C@@H]2CC[C@@H](C2)C1. The fourth-order valence-electron chi connectivity index (χ4n) is 8.19. The molecule has 1 unspecified atom stereocenters. The van der Waals surface area contributed by atoms with Crippen molar-refractivity contribution in [3.63, 3.8) is 0 Å². The monoisotopic (exact) mass is 639 g/mol. The molecule has 2 fully saturated rings. The number of aromatic nitrogens is 4. The molecule has 0 saturated heterocycles. The van der Waals surface area contributed by atoms with Crippen LogP contribution in [0.4, 0.5) is 0 Å². The van der Waals surface area contributed by atoms with E-state index in [-0.39, 0.29) is 0 Å². The highest BCUT2D eigenvalue weighted by atomic mass is 32.1. The molecule has 2 aliphatic carbocycles. The number of hydrogen-bond acceptors (Lipinski definition) is 6. The Morgan fingerprint density at radius 2 is 1.23 bits per heavy atom. The summed E-state index contributed by atoms with van der Waals surface area (Å²) in [6, 6.07) is 37.8. The van der Waals surface area contributed by atoms with Crippen LogP contribution in [0.2, 0.25) is 0 Å². The number of hydrogen-bond donors (Lipinski definition) is 0. The van der Waals surface area contributed by atoms with Crippen molar-refractivity contribution in [2.24, 2.45) is 11.8 Å². The van der Waals surface area contributed by atoms with Crippen molar-refractivity contribution in [3.05, 3.63) is 120 Å². The summed E-state index contributed by atoms with van der Waals surface area (Å²) in [6.07, 6.45) is 8.78. The van der Waals surface area contributed by atoms with Crippen molar-refractivity contribution in [2.75, 3.05) is 0 Å². The minimum atomic E-state index is 0.298. The van der Waals surface area contributed by atoms with Crippen molar-refractivity contribution in [1.82, 2.24) is 19.9 Å². The summed E-state index contributed by atoms with van der Waals surface area (Å²) < 4.78 is 2.30. The molecule has 2 saturated carbocycles. The lowest BCUT2D eigenvalue weighted by Gasteiger charge is -2.38. The minimum Gasteiger partial charge on any atom is -0.254 e. The number of fused-ring (bicyclic) bond motifs is 5. The first-order chi connectivity index (χ1) is 23.5. The van der Waals surface area contributed by atoms with Gasteiger partial charge in [-0.25, -0.2) is 15.0 Å². The predicted molar refractivity (Wildman–Crippen MR) is 194 cm³/mol. The number of nitrogens with zero attached hydrogens (tertiary/aromatic N) is 5. The van der Waals surface area contributed by atoms with Gasteiger partial charge in [0.05, 0.1) is 21.8 Å². The maximum absolute atomic E-state index is 9.34. The topological polar surface area (TPSA) is 75.3 Å². The van der Waals surface area contributed by atoms with Gasteiger partial charge >= 0.3 is 0 Å². The summed E-state index contributed by atoms with van der Waals surface area (Å²) >= 11 is 1.72. The maximum Gasteiger partial charge on any atom is 0.165 e. The van der Waals surface area contributed by atoms with E-state index >= 15 is 0 Å². The average Bonchev–Trinajstić information content (AvgIpc) is 3.69. The summed E-state index contributed by atoms with van der Waals surface area (Å²) in [4.78, 5) is 19.6. The zero-order chi connectivity index (χ0) is 32.2. The molecular formula is C42H33N5S. The molecule has 2 bridgehead atoms. The highest BCUT2D eigenvalue weighted by Crippen LogP contribution is 2.51. The molecule has 3 aromatic heterocycles. The van der Waals surface area contributed by atoms with Gasteiger partial charge in [-0.05, 0) is 89.6 Å². The number of thiophene rings is 1. The molecule has 9 rings (SSSR count). The third-order valence-electron chi connectivity index (χ3n) is 10.6. The van der Waals surface area contributed by atoms with Crippen LogP contribution >= 0.6 is 11.3 Å². The second kappa shape index (κ2) is 11.5. The smallest absolute Gasteiger partial charge is 0.165 e. The van der Waals surface area contributed by atoms with Crippen molar-refractivity contribution in [2.45, 2.75) is 44.4 Å². The Labute approximate surface area is 284 Å². The third kappa shape index (κ3) is 5.16. The summed E-state index contributed by atoms with van der Waals surface area (Å²) in [5.74, 6) is 3.53. The van der Waals surface area contributed by atoms with Gasteiger partial charge in [-0.2, -0.15) is 5.26 Å². The molecule has 3 heterocycles. The largest absolute Gasteiger partial charge is 0.254 e. The summed E-state index contributed by atoms with van der Waals surface area (Å²) in [7, 11) is 0. The quantitative estimate of drug-likeness (QED) is 0.187. The lowest BCUT2D eigenvalue weighted by atomic mass is 9.66. The third-order valence-corrected chi connectivity index (χ3v) is 11.7. The molecule has 4 aromatic carbocycles. The van der Waals surface area contributed by atoms with Crippen molar-refractivity contribution in [1.29, 1.82) is 5.26 Å². The molecular weight excluding hydrogens is 607 g/mol. The van der Waals surface area contributed by atoms with Crippen LogP contribution < -0.4 is 0 Å². The van der Waals surface area contributed by atoms with Gasteiger partial charge in [-0.3, -0.25) is 4.98 Å². The van der Waals surface area contributed by atoms with Gasteiger partial charge in [0.15, 0.2) is 17.5 Å². The Balaban J connectivity index is 1.06. The van der Waals surface area contributed by atoms with E-state index < -0.39 is 0 Å². The first kappa shape index (κ1) is 28.9. The van der Waals surface area contributed by atoms with Gasteiger partial charge in [-0.1, -0.05) is 86.5 Å². The molecule has 5 nitrogen and oxygen atoms in total. The standard InChI is InChI=1S/C42H33N5S/c1-42(22-27-6-7-28(20-27)23-42)34-18-16-30(17-19-34)29-12-14-32(15-13-29)40-45-39(31-10-8-26(24-43)9-11-31)46-41(47-40)33-21-37-38(44-25-33)35-4-2-3-5-36(35)48-37/h2-5,8-19,21,25,27-28H,6-7,20,22-23H2,1H3/t27-,28+,42?. The van der Waals surface area contributed by atoms with Gasteiger partial charge in [0, 0.05) is 33.0 Å². The van der Waals surface area contributed by atoms with Crippen LogP contribution in [-0.2, 0) is 5.41 Å². The molecule has 0 aliphatic heterocycles. The fraction of sp³-hybridized carbons (Fsp3) is 0.214. The van der Waals surface area contributed by atoms with E-state index in [1.54, 1.807) is 23.5 Å². The molecule has 2 aliphatic rings. The van der Waals surface area contributed by atoms with Crippen molar-refractivity contribution < 1.29 is 0 Å². The van der Waals surface area contributed by atoms with Crippen molar-refractivity contribution in [3.8, 4) is 51.4 Å². The molecule has 7 aromatic rings. The van der Waals surface area contributed by atoms with Crippen LogP contribution in [0, 0.1) is 23.2 Å². The van der Waals surface area contributed by atoms with Crippen LogP contribution in [0.3, 0.4) is 0 Å². The van der Waals surface area contributed by atoms with E-state index in [0.29, 0.717) is 28.5 Å². The summed E-state index contributed by atoms with van der Waals surface area (Å²) in [5.41, 5.74) is 8.32. The molecule has 6 heteroatoms. The Morgan fingerprint density at radius 3 is 1.88 bits per heavy atom. The zero-order valence-electron chi connectivity index (χ0n) is 26.7. The van der Waals surface area contributed by atoms with Gasteiger partial charge in [0.1, 0.15) is 0 Å². The van der Waals surface area contributed by atoms with Gasteiger partial charge in [0.2, 0.25) is 0 Å². The fourth-order valence-corrected chi connectivity index (χ4v) is 9.30.